The van der Waals surface area contributed by atoms with Crippen LogP contribution in [0.4, 0.5) is 27.1 Å². The van der Waals surface area contributed by atoms with E-state index in [0.717, 1.165) is 24.5 Å². The number of para-hydroxylation sites is 1. The number of halogens is 1. The first-order chi connectivity index (χ1) is 17.5. The summed E-state index contributed by atoms with van der Waals surface area (Å²) in [5, 5.41) is 11.8. The van der Waals surface area contributed by atoms with Crippen molar-refractivity contribution in [2.45, 2.75) is 0 Å². The largest absolute Gasteiger partial charge is 0.368 e. The van der Waals surface area contributed by atoms with Gasteiger partial charge in [0.25, 0.3) is 11.6 Å². The van der Waals surface area contributed by atoms with E-state index >= 15 is 0 Å². The van der Waals surface area contributed by atoms with E-state index in [4.69, 9.17) is 0 Å². The van der Waals surface area contributed by atoms with Crippen LogP contribution in [0.1, 0.15) is 10.4 Å². The van der Waals surface area contributed by atoms with Crippen molar-refractivity contribution >= 4 is 28.7 Å². The molecule has 1 amide bonds. The molecular weight excluding hydrogens is 461 g/mol. The Balaban J connectivity index is 1.27. The zero-order valence-electron chi connectivity index (χ0n) is 19.9. The fraction of sp³-hybridized carbons (Fsp3) is 0.296. The average molecular weight is 490 g/mol. The van der Waals surface area contributed by atoms with Crippen LogP contribution in [0.3, 0.4) is 0 Å². The molecule has 2 aliphatic heterocycles. The number of carbonyl (C=O) groups excluding carboxylic acids is 1. The Bertz CT molecular complexity index is 1220. The zero-order valence-corrected chi connectivity index (χ0v) is 19.9. The third-order valence-electron chi connectivity index (χ3n) is 6.92. The van der Waals surface area contributed by atoms with Crippen LogP contribution in [0.25, 0.3) is 0 Å². The molecule has 9 heteroatoms. The summed E-state index contributed by atoms with van der Waals surface area (Å²) in [5.74, 6) is -0.484. The van der Waals surface area contributed by atoms with E-state index < -0.39 is 0 Å². The van der Waals surface area contributed by atoms with Gasteiger partial charge in [-0.1, -0.05) is 18.2 Å². The quantitative estimate of drug-likeness (QED) is 0.398. The average Bonchev–Trinajstić information content (AvgIpc) is 2.93. The Kier molecular flexibility index (Phi) is 6.71. The van der Waals surface area contributed by atoms with Crippen LogP contribution in [0.2, 0.25) is 0 Å². The number of hydrogen-bond acceptors (Lipinski definition) is 6. The Labute approximate surface area is 209 Å². The van der Waals surface area contributed by atoms with Crippen molar-refractivity contribution in [2.24, 2.45) is 0 Å². The number of rotatable bonds is 5. The number of anilines is 3. The minimum absolute atomic E-state index is 0.108. The third kappa shape index (κ3) is 4.95. The summed E-state index contributed by atoms with van der Waals surface area (Å²) in [6.07, 6.45) is 0. The number of nitro groups is 1. The number of benzene rings is 3. The fourth-order valence-electron chi connectivity index (χ4n) is 4.90. The molecule has 0 spiro atoms. The lowest BCUT2D eigenvalue weighted by molar-refractivity contribution is -0.384. The molecule has 3 aromatic rings. The van der Waals surface area contributed by atoms with Crippen molar-refractivity contribution in [3.63, 3.8) is 0 Å². The molecule has 2 saturated heterocycles. The minimum atomic E-state index is -0.369. The lowest BCUT2D eigenvalue weighted by Gasteiger charge is -2.38. The molecule has 0 radical (unpaired) electrons. The second-order valence-electron chi connectivity index (χ2n) is 9.03. The van der Waals surface area contributed by atoms with Crippen LogP contribution in [-0.2, 0) is 0 Å². The van der Waals surface area contributed by atoms with Gasteiger partial charge in [0.2, 0.25) is 0 Å². The van der Waals surface area contributed by atoms with Crippen LogP contribution in [-0.4, -0.2) is 68.1 Å². The highest BCUT2D eigenvalue weighted by Crippen LogP contribution is 2.34. The summed E-state index contributed by atoms with van der Waals surface area (Å²) in [7, 11) is 0. The topological polar surface area (TPSA) is 73.2 Å². The Morgan fingerprint density at radius 1 is 0.722 bits per heavy atom. The van der Waals surface area contributed by atoms with E-state index in [9.17, 15) is 19.3 Å². The second-order valence-corrected chi connectivity index (χ2v) is 9.03. The SMILES string of the molecule is O=C(c1ccc(F)cc1)N1CCN(c2ccc([N+](=O)[O-])c(N3CCN(c4ccccc4)CC3)c2)CC1. The zero-order chi connectivity index (χ0) is 25.1. The monoisotopic (exact) mass is 489 g/mol. The van der Waals surface area contributed by atoms with Crippen LogP contribution in [0.15, 0.2) is 72.8 Å². The van der Waals surface area contributed by atoms with Crippen molar-refractivity contribution < 1.29 is 14.1 Å². The Morgan fingerprint density at radius 2 is 1.31 bits per heavy atom. The summed E-state index contributed by atoms with van der Waals surface area (Å²) in [4.78, 5) is 32.5. The van der Waals surface area contributed by atoms with Gasteiger partial charge < -0.3 is 19.6 Å². The molecule has 2 aliphatic rings. The molecule has 2 fully saturated rings. The van der Waals surface area contributed by atoms with Crippen molar-refractivity contribution in [1.29, 1.82) is 0 Å². The fourth-order valence-corrected chi connectivity index (χ4v) is 4.90. The highest BCUT2D eigenvalue weighted by molar-refractivity contribution is 5.94. The van der Waals surface area contributed by atoms with Crippen molar-refractivity contribution in [1.82, 2.24) is 4.90 Å². The van der Waals surface area contributed by atoms with Gasteiger partial charge in [-0.2, -0.15) is 0 Å². The molecule has 2 heterocycles. The molecule has 0 saturated carbocycles. The number of amides is 1. The maximum absolute atomic E-state index is 13.2. The predicted molar refractivity (Wildman–Crippen MR) is 138 cm³/mol. The molecule has 8 nitrogen and oxygen atoms in total. The van der Waals surface area contributed by atoms with Crippen molar-refractivity contribution in [3.8, 4) is 0 Å². The van der Waals surface area contributed by atoms with E-state index in [0.29, 0.717) is 50.5 Å². The van der Waals surface area contributed by atoms with E-state index in [2.05, 4.69) is 26.8 Å². The molecule has 0 unspecified atom stereocenters. The first-order valence-electron chi connectivity index (χ1n) is 12.1. The lowest BCUT2D eigenvalue weighted by atomic mass is 10.1. The summed E-state index contributed by atoms with van der Waals surface area (Å²) in [5.41, 5.74) is 3.28. The van der Waals surface area contributed by atoms with Gasteiger partial charge in [-0.05, 0) is 48.5 Å². The Hall–Kier alpha value is -4.14. The second kappa shape index (κ2) is 10.2. The number of nitrogens with zero attached hydrogens (tertiary/aromatic N) is 5. The summed E-state index contributed by atoms with van der Waals surface area (Å²) >= 11 is 0. The molecule has 5 rings (SSSR count). The molecule has 3 aromatic carbocycles. The van der Waals surface area contributed by atoms with Crippen LogP contribution in [0.5, 0.6) is 0 Å². The first kappa shape index (κ1) is 23.6. The molecule has 0 N–H and O–H groups in total. The molecular formula is C27H28FN5O3. The Morgan fingerprint density at radius 3 is 1.94 bits per heavy atom. The summed E-state index contributed by atoms with van der Waals surface area (Å²) in [6.45, 7) is 5.25. The van der Waals surface area contributed by atoms with Gasteiger partial charge in [-0.15, -0.1) is 0 Å². The van der Waals surface area contributed by atoms with E-state index in [-0.39, 0.29) is 22.3 Å². The molecule has 0 aromatic heterocycles. The van der Waals surface area contributed by atoms with Crippen molar-refractivity contribution in [2.75, 3.05) is 67.1 Å². The van der Waals surface area contributed by atoms with Gasteiger partial charge >= 0.3 is 0 Å². The minimum Gasteiger partial charge on any atom is -0.368 e. The van der Waals surface area contributed by atoms with E-state index in [1.165, 1.54) is 24.3 Å². The van der Waals surface area contributed by atoms with Gasteiger partial charge in [-0.3, -0.25) is 14.9 Å². The summed E-state index contributed by atoms with van der Waals surface area (Å²) < 4.78 is 13.2. The van der Waals surface area contributed by atoms with Crippen LogP contribution >= 0.6 is 0 Å². The molecule has 186 valence electrons. The lowest BCUT2D eigenvalue weighted by Crippen LogP contribution is -2.49. The smallest absolute Gasteiger partial charge is 0.292 e. The molecule has 36 heavy (non-hydrogen) atoms. The summed E-state index contributed by atoms with van der Waals surface area (Å²) in [6, 6.07) is 21.1. The van der Waals surface area contributed by atoms with Gasteiger partial charge in [0.1, 0.15) is 11.5 Å². The molecule has 0 aliphatic carbocycles. The maximum Gasteiger partial charge on any atom is 0.292 e. The van der Waals surface area contributed by atoms with Crippen molar-refractivity contribution in [3.05, 3.63) is 94.3 Å². The number of hydrogen-bond donors (Lipinski definition) is 0. The molecule has 0 atom stereocenters. The van der Waals surface area contributed by atoms with E-state index in [1.54, 1.807) is 17.0 Å². The van der Waals surface area contributed by atoms with Crippen LogP contribution < -0.4 is 14.7 Å². The van der Waals surface area contributed by atoms with Gasteiger partial charge in [0, 0.05) is 75.4 Å². The highest BCUT2D eigenvalue weighted by Gasteiger charge is 2.27. The molecule has 0 bridgehead atoms. The highest BCUT2D eigenvalue weighted by atomic mass is 19.1. The van der Waals surface area contributed by atoms with Gasteiger partial charge in [0.05, 0.1) is 4.92 Å². The standard InChI is InChI=1S/C27H28FN5O3/c28-22-8-6-21(7-9-22)27(34)32-18-14-30(15-19-32)24-10-11-25(33(35)36)26(20-24)31-16-12-29(13-17-31)23-4-2-1-3-5-23/h1-11,20H,12-19H2. The maximum atomic E-state index is 13.2. The van der Waals surface area contributed by atoms with E-state index in [1.807, 2.05) is 24.3 Å². The predicted octanol–water partition coefficient (Wildman–Crippen LogP) is 4.02. The third-order valence-corrected chi connectivity index (χ3v) is 6.92. The number of nitro benzene ring substituents is 1. The van der Waals surface area contributed by atoms with Gasteiger partial charge in [-0.25, -0.2) is 4.39 Å². The number of piperazine rings is 2. The first-order valence-corrected chi connectivity index (χ1v) is 12.1. The van der Waals surface area contributed by atoms with Gasteiger partial charge in [0.15, 0.2) is 0 Å². The normalized spacial score (nSPS) is 16.2. The van der Waals surface area contributed by atoms with Crippen LogP contribution in [0, 0.1) is 15.9 Å². The number of carbonyl (C=O) groups is 1.